The van der Waals surface area contributed by atoms with Crippen molar-refractivity contribution in [2.75, 3.05) is 11.1 Å². The molecule has 0 saturated carbocycles. The summed E-state index contributed by atoms with van der Waals surface area (Å²) in [6, 6.07) is 2.13. The number of aromatic amines is 1. The summed E-state index contributed by atoms with van der Waals surface area (Å²) < 4.78 is 5.73. The van der Waals surface area contributed by atoms with Gasteiger partial charge in [-0.25, -0.2) is 0 Å². The smallest absolute Gasteiger partial charge is 0.178 e. The summed E-state index contributed by atoms with van der Waals surface area (Å²) in [6.07, 6.45) is 3.56. The second-order valence-electron chi connectivity index (χ2n) is 4.68. The van der Waals surface area contributed by atoms with Crippen molar-refractivity contribution in [3.05, 3.63) is 22.8 Å². The molecule has 0 aliphatic carbocycles. The van der Waals surface area contributed by atoms with E-state index in [1.165, 1.54) is 11.3 Å². The van der Waals surface area contributed by atoms with E-state index in [0.29, 0.717) is 16.3 Å². The molecule has 6 nitrogen and oxygen atoms in total. The lowest BCUT2D eigenvalue weighted by atomic mass is 10.2. The van der Waals surface area contributed by atoms with E-state index in [0.717, 1.165) is 10.6 Å². The summed E-state index contributed by atoms with van der Waals surface area (Å²) in [5, 5.41) is 19.9. The number of nitrogen functional groups attached to an aromatic ring is 1. The SMILES string of the molecule is CC(C)Oc1c(NC(C)c2cn[nH]c2)sc(C#N)c1N. The third kappa shape index (κ3) is 2.86. The zero-order valence-corrected chi connectivity index (χ0v) is 12.4. The lowest BCUT2D eigenvalue weighted by molar-refractivity contribution is 0.246. The lowest BCUT2D eigenvalue weighted by Gasteiger charge is -2.16. The van der Waals surface area contributed by atoms with Gasteiger partial charge in [0.2, 0.25) is 0 Å². The first kappa shape index (κ1) is 14.2. The maximum Gasteiger partial charge on any atom is 0.178 e. The Morgan fingerprint density at radius 1 is 1.50 bits per heavy atom. The number of thiophene rings is 1. The number of nitrogens with zero attached hydrogens (tertiary/aromatic N) is 2. The van der Waals surface area contributed by atoms with Gasteiger partial charge in [-0.05, 0) is 20.8 Å². The molecule has 0 amide bonds. The highest BCUT2D eigenvalue weighted by Crippen LogP contribution is 2.44. The maximum atomic E-state index is 9.09. The number of ether oxygens (including phenoxy) is 1. The predicted molar refractivity (Wildman–Crippen MR) is 79.8 cm³/mol. The number of nitrogens with two attached hydrogens (primary N) is 1. The molecule has 0 fully saturated rings. The Labute approximate surface area is 121 Å². The molecule has 0 bridgehead atoms. The van der Waals surface area contributed by atoms with Crippen LogP contribution >= 0.6 is 11.3 Å². The first-order valence-corrected chi connectivity index (χ1v) is 7.08. The summed E-state index contributed by atoms with van der Waals surface area (Å²) in [6.45, 7) is 5.85. The average Bonchev–Trinajstić information content (AvgIpc) is 3.01. The Balaban J connectivity index is 2.28. The van der Waals surface area contributed by atoms with Crippen LogP contribution in [0.25, 0.3) is 0 Å². The normalized spacial score (nSPS) is 12.2. The molecule has 20 heavy (non-hydrogen) atoms. The molecule has 0 saturated heterocycles. The second-order valence-corrected chi connectivity index (χ2v) is 5.70. The van der Waals surface area contributed by atoms with Crippen LogP contribution in [-0.2, 0) is 0 Å². The molecule has 0 aromatic carbocycles. The fourth-order valence-corrected chi connectivity index (χ4v) is 2.68. The van der Waals surface area contributed by atoms with Crippen LogP contribution in [0.15, 0.2) is 12.4 Å². The number of aromatic nitrogens is 2. The van der Waals surface area contributed by atoms with Gasteiger partial charge in [0.25, 0.3) is 0 Å². The number of H-pyrrole nitrogens is 1. The Morgan fingerprint density at radius 3 is 2.80 bits per heavy atom. The minimum absolute atomic E-state index is 0.0109. The lowest BCUT2D eigenvalue weighted by Crippen LogP contribution is -2.10. The van der Waals surface area contributed by atoms with E-state index in [1.54, 1.807) is 6.20 Å². The van der Waals surface area contributed by atoms with Crippen molar-refractivity contribution in [1.29, 1.82) is 5.26 Å². The Hall–Kier alpha value is -2.20. The molecule has 1 unspecified atom stereocenters. The molecule has 0 aliphatic heterocycles. The molecular weight excluding hydrogens is 274 g/mol. The quantitative estimate of drug-likeness (QED) is 0.786. The summed E-state index contributed by atoms with van der Waals surface area (Å²) in [5.41, 5.74) is 7.38. The first-order valence-electron chi connectivity index (χ1n) is 6.27. The van der Waals surface area contributed by atoms with Gasteiger partial charge in [-0.2, -0.15) is 10.4 Å². The highest BCUT2D eigenvalue weighted by atomic mass is 32.1. The molecule has 2 aromatic rings. The van der Waals surface area contributed by atoms with Gasteiger partial charge in [0, 0.05) is 11.8 Å². The summed E-state index contributed by atoms with van der Waals surface area (Å²) in [7, 11) is 0. The van der Waals surface area contributed by atoms with Crippen LogP contribution in [0.2, 0.25) is 0 Å². The first-order chi connectivity index (χ1) is 9.52. The number of nitriles is 1. The number of nitrogens with one attached hydrogen (secondary N) is 2. The van der Waals surface area contributed by atoms with Gasteiger partial charge in [0.05, 0.1) is 18.3 Å². The molecule has 0 aliphatic rings. The molecule has 0 spiro atoms. The zero-order chi connectivity index (χ0) is 14.7. The van der Waals surface area contributed by atoms with Gasteiger partial charge in [-0.1, -0.05) is 0 Å². The van der Waals surface area contributed by atoms with Gasteiger partial charge >= 0.3 is 0 Å². The van der Waals surface area contributed by atoms with Crippen molar-refractivity contribution in [1.82, 2.24) is 10.2 Å². The van der Waals surface area contributed by atoms with Crippen LogP contribution in [0.1, 0.15) is 37.3 Å². The second kappa shape index (κ2) is 5.84. The van der Waals surface area contributed by atoms with Crippen molar-refractivity contribution in [3.8, 4) is 11.8 Å². The number of hydrogen-bond donors (Lipinski definition) is 3. The Bertz CT molecular complexity index is 611. The largest absolute Gasteiger partial charge is 0.486 e. The van der Waals surface area contributed by atoms with Crippen molar-refractivity contribution < 1.29 is 4.74 Å². The van der Waals surface area contributed by atoms with E-state index in [1.807, 2.05) is 27.0 Å². The van der Waals surface area contributed by atoms with E-state index in [2.05, 4.69) is 21.6 Å². The predicted octanol–water partition coefficient (Wildman–Crippen LogP) is 2.89. The Kier molecular flexibility index (Phi) is 4.15. The van der Waals surface area contributed by atoms with E-state index >= 15 is 0 Å². The van der Waals surface area contributed by atoms with Gasteiger partial charge in [-0.15, -0.1) is 11.3 Å². The van der Waals surface area contributed by atoms with Gasteiger partial charge in [0.1, 0.15) is 21.6 Å². The van der Waals surface area contributed by atoms with Gasteiger partial charge in [0.15, 0.2) is 5.75 Å². The van der Waals surface area contributed by atoms with Crippen LogP contribution in [0.4, 0.5) is 10.7 Å². The van der Waals surface area contributed by atoms with E-state index in [-0.39, 0.29) is 12.1 Å². The van der Waals surface area contributed by atoms with Crippen LogP contribution in [0.5, 0.6) is 5.75 Å². The minimum Gasteiger partial charge on any atom is -0.486 e. The summed E-state index contributed by atoms with van der Waals surface area (Å²) in [4.78, 5) is 0.461. The topological polar surface area (TPSA) is 99.7 Å². The van der Waals surface area contributed by atoms with E-state index < -0.39 is 0 Å². The third-order valence-electron chi connectivity index (χ3n) is 2.72. The molecule has 4 N–H and O–H groups in total. The molecule has 1 atom stereocenters. The van der Waals surface area contributed by atoms with Crippen LogP contribution in [-0.4, -0.2) is 16.3 Å². The van der Waals surface area contributed by atoms with Crippen molar-refractivity contribution >= 4 is 22.0 Å². The standard InChI is InChI=1S/C13H17N5OS/c1-7(2)19-12-11(15)10(4-14)20-13(12)18-8(3)9-5-16-17-6-9/h5-8,18H,15H2,1-3H3,(H,16,17). The summed E-state index contributed by atoms with van der Waals surface area (Å²) in [5.74, 6) is 0.553. The van der Waals surface area contributed by atoms with Gasteiger partial charge in [-0.3, -0.25) is 5.10 Å². The van der Waals surface area contributed by atoms with Gasteiger partial charge < -0.3 is 15.8 Å². The highest BCUT2D eigenvalue weighted by Gasteiger charge is 2.20. The average molecular weight is 291 g/mol. The van der Waals surface area contributed by atoms with Crippen LogP contribution in [0.3, 0.4) is 0 Å². The number of rotatable bonds is 5. The Morgan fingerprint density at radius 2 is 2.25 bits per heavy atom. The van der Waals surface area contributed by atoms with Crippen molar-refractivity contribution in [3.63, 3.8) is 0 Å². The van der Waals surface area contributed by atoms with Crippen LogP contribution < -0.4 is 15.8 Å². The van der Waals surface area contributed by atoms with E-state index in [9.17, 15) is 0 Å². The fraction of sp³-hybridized carbons (Fsp3) is 0.385. The molecule has 7 heteroatoms. The molecule has 106 valence electrons. The maximum absolute atomic E-state index is 9.09. The van der Waals surface area contributed by atoms with Crippen LogP contribution in [0, 0.1) is 11.3 Å². The molecule has 2 heterocycles. The van der Waals surface area contributed by atoms with Crippen molar-refractivity contribution in [2.45, 2.75) is 32.9 Å². The van der Waals surface area contributed by atoms with Crippen molar-refractivity contribution in [2.24, 2.45) is 0 Å². The highest BCUT2D eigenvalue weighted by molar-refractivity contribution is 7.17. The molecule has 2 rings (SSSR count). The monoisotopic (exact) mass is 291 g/mol. The zero-order valence-electron chi connectivity index (χ0n) is 11.6. The third-order valence-corrected chi connectivity index (χ3v) is 3.74. The van der Waals surface area contributed by atoms with E-state index in [4.69, 9.17) is 15.7 Å². The number of anilines is 2. The summed E-state index contributed by atoms with van der Waals surface area (Å²) >= 11 is 1.30. The fourth-order valence-electron chi connectivity index (χ4n) is 1.74. The minimum atomic E-state index is -0.0109. The molecule has 0 radical (unpaired) electrons. The molecular formula is C13H17N5OS. The molecule has 2 aromatic heterocycles. The number of hydrogen-bond acceptors (Lipinski definition) is 6.